The highest BCUT2D eigenvalue weighted by atomic mass is 32.2. The van der Waals surface area contributed by atoms with Crippen LogP contribution in [0.25, 0.3) is 10.9 Å². The van der Waals surface area contributed by atoms with Crippen molar-refractivity contribution in [3.63, 3.8) is 0 Å². The summed E-state index contributed by atoms with van der Waals surface area (Å²) >= 11 is 0. The lowest BCUT2D eigenvalue weighted by molar-refractivity contribution is 0.103. The summed E-state index contributed by atoms with van der Waals surface area (Å²) in [5.74, 6) is -2.91. The zero-order valence-electron chi connectivity index (χ0n) is 17.3. The van der Waals surface area contributed by atoms with Crippen molar-refractivity contribution in [2.75, 3.05) is 24.5 Å². The summed E-state index contributed by atoms with van der Waals surface area (Å²) in [4.78, 5) is 19.7. The molecule has 0 spiro atoms. The predicted molar refractivity (Wildman–Crippen MR) is 120 cm³/mol. The van der Waals surface area contributed by atoms with Gasteiger partial charge in [0.2, 0.25) is 10.9 Å². The van der Waals surface area contributed by atoms with Crippen LogP contribution < -0.4 is 9.62 Å². The van der Waals surface area contributed by atoms with Gasteiger partial charge in [-0.1, -0.05) is 0 Å². The van der Waals surface area contributed by atoms with Crippen molar-refractivity contribution < 1.29 is 22.0 Å². The Morgan fingerprint density at radius 2 is 1.88 bits per heavy atom. The average Bonchev–Trinajstić information content (AvgIpc) is 3.32. The highest BCUT2D eigenvalue weighted by molar-refractivity contribution is 7.70. The number of carbonyl (C=O) groups excluding carboxylic acids is 1. The predicted octanol–water partition coefficient (Wildman–Crippen LogP) is 3.39. The van der Waals surface area contributed by atoms with Crippen LogP contribution >= 0.6 is 0 Å². The number of ketones is 1. The van der Waals surface area contributed by atoms with E-state index in [2.05, 4.69) is 14.6 Å². The summed E-state index contributed by atoms with van der Waals surface area (Å²) < 4.78 is 52.0. The topological polar surface area (TPSA) is 79.4 Å². The number of rotatable bonds is 8. The first-order valence-electron chi connectivity index (χ1n) is 10.5. The number of nitrogens with one attached hydrogen (secondary N) is 1. The van der Waals surface area contributed by atoms with E-state index >= 15 is 0 Å². The lowest BCUT2D eigenvalue weighted by atomic mass is 9.97. The molecule has 32 heavy (non-hydrogen) atoms. The van der Waals surface area contributed by atoms with Crippen LogP contribution in [0.2, 0.25) is 0 Å². The van der Waals surface area contributed by atoms with Gasteiger partial charge in [-0.25, -0.2) is 21.9 Å². The second-order valence-corrected chi connectivity index (χ2v) is 8.66. The second-order valence-electron chi connectivity index (χ2n) is 7.83. The minimum absolute atomic E-state index is 0.179. The van der Waals surface area contributed by atoms with Crippen LogP contribution in [-0.2, 0) is 17.3 Å². The number of benzene rings is 2. The zero-order valence-corrected chi connectivity index (χ0v) is 18.2. The van der Waals surface area contributed by atoms with E-state index in [1.165, 1.54) is 6.07 Å². The van der Waals surface area contributed by atoms with E-state index in [1.54, 1.807) is 18.2 Å². The van der Waals surface area contributed by atoms with E-state index in [0.717, 1.165) is 43.1 Å². The molecule has 3 aromatic rings. The molecule has 9 heteroatoms. The Morgan fingerprint density at radius 1 is 1.09 bits per heavy atom. The van der Waals surface area contributed by atoms with E-state index in [1.807, 2.05) is 12.3 Å². The molecule has 6 nitrogen and oxygen atoms in total. The third-order valence-electron chi connectivity index (χ3n) is 5.62. The van der Waals surface area contributed by atoms with Gasteiger partial charge < -0.3 is 4.90 Å². The van der Waals surface area contributed by atoms with Crippen LogP contribution in [0, 0.1) is 11.6 Å². The summed E-state index contributed by atoms with van der Waals surface area (Å²) in [6.07, 6.45) is 4.76. The minimum Gasteiger partial charge on any atom is -0.370 e. The first kappa shape index (κ1) is 22.3. The lowest BCUT2D eigenvalue weighted by Crippen LogP contribution is -2.17. The van der Waals surface area contributed by atoms with Crippen LogP contribution in [0.15, 0.2) is 42.6 Å². The first-order valence-corrected chi connectivity index (χ1v) is 11.7. The Morgan fingerprint density at radius 3 is 2.62 bits per heavy atom. The molecule has 2 heterocycles. The van der Waals surface area contributed by atoms with Crippen LogP contribution in [0.4, 0.5) is 14.5 Å². The molecule has 0 saturated carbocycles. The maximum atomic E-state index is 14.5. The number of anilines is 1. The van der Waals surface area contributed by atoms with Gasteiger partial charge in [-0.15, -0.1) is 0 Å². The molecular weight excluding hydrogens is 436 g/mol. The van der Waals surface area contributed by atoms with Crippen molar-refractivity contribution in [3.05, 3.63) is 70.9 Å². The molecule has 1 saturated heterocycles. The molecule has 0 unspecified atom stereocenters. The number of hydrogen-bond donors (Lipinski definition) is 2. The van der Waals surface area contributed by atoms with Crippen LogP contribution in [0.5, 0.6) is 0 Å². The highest BCUT2D eigenvalue weighted by Gasteiger charge is 2.20. The monoisotopic (exact) mass is 459 g/mol. The van der Waals surface area contributed by atoms with Crippen molar-refractivity contribution in [2.45, 2.75) is 25.7 Å². The van der Waals surface area contributed by atoms with Crippen LogP contribution in [0.3, 0.4) is 0 Å². The molecule has 0 amide bonds. The summed E-state index contributed by atoms with van der Waals surface area (Å²) in [5, 5.41) is 0.759. The first-order chi connectivity index (χ1) is 15.4. The van der Waals surface area contributed by atoms with Gasteiger partial charge in [-0.3, -0.25) is 9.78 Å². The summed E-state index contributed by atoms with van der Waals surface area (Å²) in [6.45, 7) is 2.10. The van der Waals surface area contributed by atoms with Gasteiger partial charge in [0, 0.05) is 30.6 Å². The lowest BCUT2D eigenvalue weighted by Gasteiger charge is -2.17. The van der Waals surface area contributed by atoms with Gasteiger partial charge >= 0.3 is 0 Å². The van der Waals surface area contributed by atoms with E-state index in [9.17, 15) is 22.0 Å². The third kappa shape index (κ3) is 4.94. The molecule has 0 radical (unpaired) electrons. The summed E-state index contributed by atoms with van der Waals surface area (Å²) in [6, 6.07) is 9.25. The summed E-state index contributed by atoms with van der Waals surface area (Å²) in [5.41, 5.74) is 2.03. The van der Waals surface area contributed by atoms with E-state index in [4.69, 9.17) is 0 Å². The van der Waals surface area contributed by atoms with E-state index in [-0.39, 0.29) is 17.7 Å². The number of aryl methyl sites for hydroxylation is 1. The maximum Gasteiger partial charge on any atom is 0.201 e. The number of hydrogen-bond acceptors (Lipinski definition) is 5. The van der Waals surface area contributed by atoms with Crippen LogP contribution in [-0.4, -0.2) is 38.8 Å². The fourth-order valence-electron chi connectivity index (χ4n) is 3.98. The van der Waals surface area contributed by atoms with Gasteiger partial charge in [0.15, 0.2) is 17.4 Å². The molecule has 2 aromatic carbocycles. The minimum atomic E-state index is -2.71. The van der Waals surface area contributed by atoms with Crippen molar-refractivity contribution in [1.29, 1.82) is 0 Å². The fraction of sp³-hybridized carbons (Fsp3) is 0.304. The standard InChI is InChI=1S/C23H23F2N3O3S/c24-20-11-15(4-3-7-27-32(30)31)10-19(22(20)25)23(29)16-5-6-21-17(12-16)13-18(14-26-21)28-8-1-2-9-28/h5-6,10-14,32H,1-4,7-9H2,(H,27,30,31). The Kier molecular flexibility index (Phi) is 6.76. The van der Waals surface area contributed by atoms with Crippen LogP contribution in [0.1, 0.15) is 40.7 Å². The van der Waals surface area contributed by atoms with Gasteiger partial charge in [0.25, 0.3) is 0 Å². The highest BCUT2D eigenvalue weighted by Crippen LogP contribution is 2.26. The smallest absolute Gasteiger partial charge is 0.201 e. The number of nitrogens with zero attached hydrogens (tertiary/aromatic N) is 2. The largest absolute Gasteiger partial charge is 0.370 e. The van der Waals surface area contributed by atoms with Crippen molar-refractivity contribution >= 4 is 33.3 Å². The Labute approximate surface area is 186 Å². The number of fused-ring (bicyclic) bond motifs is 1. The fourth-order valence-corrected chi connectivity index (χ4v) is 4.32. The average molecular weight is 460 g/mol. The van der Waals surface area contributed by atoms with Gasteiger partial charge in [0.05, 0.1) is 23.0 Å². The van der Waals surface area contributed by atoms with Crippen molar-refractivity contribution in [2.24, 2.45) is 0 Å². The molecule has 1 N–H and O–H groups in total. The number of carbonyl (C=O) groups is 1. The van der Waals surface area contributed by atoms with Gasteiger partial charge in [-0.2, -0.15) is 0 Å². The number of thiol groups is 1. The summed E-state index contributed by atoms with van der Waals surface area (Å²) in [7, 11) is -2.71. The van der Waals surface area contributed by atoms with Gasteiger partial charge in [-0.05, 0) is 67.6 Å². The normalized spacial score (nSPS) is 13.9. The molecule has 168 valence electrons. The number of halogens is 2. The Bertz CT molecular complexity index is 1230. The molecule has 1 aliphatic heterocycles. The van der Waals surface area contributed by atoms with Crippen molar-refractivity contribution in [1.82, 2.24) is 9.71 Å². The second kappa shape index (κ2) is 9.70. The van der Waals surface area contributed by atoms with Gasteiger partial charge in [0.1, 0.15) is 0 Å². The Balaban J connectivity index is 1.61. The Hall–Kier alpha value is -2.91. The number of aromatic nitrogens is 1. The molecule has 1 aromatic heterocycles. The molecule has 4 rings (SSSR count). The maximum absolute atomic E-state index is 14.5. The molecular formula is C23H23F2N3O3S. The molecule has 0 atom stereocenters. The molecule has 1 aliphatic rings. The van der Waals surface area contributed by atoms with E-state index < -0.39 is 28.3 Å². The molecule has 1 fully saturated rings. The van der Waals surface area contributed by atoms with E-state index in [0.29, 0.717) is 23.9 Å². The zero-order chi connectivity index (χ0) is 22.7. The molecule has 0 aliphatic carbocycles. The third-order valence-corrected chi connectivity index (χ3v) is 6.10. The van der Waals surface area contributed by atoms with Crippen molar-refractivity contribution in [3.8, 4) is 0 Å². The quantitative estimate of drug-likeness (QED) is 0.307. The number of pyridine rings is 1. The molecule has 0 bridgehead atoms. The SMILES string of the molecule is O=C(c1ccc2ncc(N3CCCC3)cc2c1)c1cc(CCCN[SH](=O)=O)cc(F)c1F.